The molecule has 1 rings (SSSR count). The van der Waals surface area contributed by atoms with Crippen molar-refractivity contribution in [3.8, 4) is 0 Å². The summed E-state index contributed by atoms with van der Waals surface area (Å²) in [5.74, 6) is 0.0152. The molecule has 1 saturated carbocycles. The third-order valence-corrected chi connectivity index (χ3v) is 3.98. The normalized spacial score (nSPS) is 36.4. The second-order valence-electron chi connectivity index (χ2n) is 5.18. The minimum absolute atomic E-state index is 0.0277. The summed E-state index contributed by atoms with van der Waals surface area (Å²) >= 11 is 0. The van der Waals surface area contributed by atoms with E-state index in [-0.39, 0.29) is 36.3 Å². The number of amides is 1. The maximum absolute atomic E-state index is 11.2. The average molecular weight is 259 g/mol. The van der Waals surface area contributed by atoms with Gasteiger partial charge in [0.2, 0.25) is 5.91 Å². The Labute approximate surface area is 109 Å². The summed E-state index contributed by atoms with van der Waals surface area (Å²) in [6.45, 7) is 4.01. The van der Waals surface area contributed by atoms with Gasteiger partial charge < -0.3 is 20.3 Å². The zero-order chi connectivity index (χ0) is 13.7. The van der Waals surface area contributed by atoms with Gasteiger partial charge in [-0.2, -0.15) is 0 Å². The molecule has 3 N–H and O–H groups in total. The van der Waals surface area contributed by atoms with Gasteiger partial charge in [0.05, 0.1) is 18.8 Å². The lowest BCUT2D eigenvalue weighted by atomic mass is 9.69. The molecular weight excluding hydrogens is 234 g/mol. The van der Waals surface area contributed by atoms with Crippen LogP contribution in [0.25, 0.3) is 0 Å². The first-order valence-corrected chi connectivity index (χ1v) is 6.60. The van der Waals surface area contributed by atoms with Crippen LogP contribution in [-0.4, -0.2) is 48.6 Å². The lowest BCUT2D eigenvalue weighted by molar-refractivity contribution is -0.124. The van der Waals surface area contributed by atoms with Gasteiger partial charge in [0.15, 0.2) is 0 Å². The Balaban J connectivity index is 2.84. The standard InChI is InChI=1S/C13H25NO4/c1-4-11-9(6-15)5-10(7-18-3)12(13(11)17)14-8(2)16/h9-13,15,17H,4-7H2,1-3H3,(H,14,16). The second-order valence-corrected chi connectivity index (χ2v) is 5.18. The van der Waals surface area contributed by atoms with Crippen molar-refractivity contribution in [3.05, 3.63) is 0 Å². The highest BCUT2D eigenvalue weighted by Crippen LogP contribution is 2.36. The van der Waals surface area contributed by atoms with Crippen LogP contribution in [0.4, 0.5) is 0 Å². The summed E-state index contributed by atoms with van der Waals surface area (Å²) in [5.41, 5.74) is 0. The van der Waals surface area contributed by atoms with Crippen molar-refractivity contribution >= 4 is 5.91 Å². The summed E-state index contributed by atoms with van der Waals surface area (Å²) in [7, 11) is 1.61. The van der Waals surface area contributed by atoms with E-state index >= 15 is 0 Å². The zero-order valence-electron chi connectivity index (χ0n) is 11.4. The van der Waals surface area contributed by atoms with E-state index < -0.39 is 6.10 Å². The molecule has 0 saturated heterocycles. The quantitative estimate of drug-likeness (QED) is 0.657. The predicted octanol–water partition coefficient (Wildman–Crippen LogP) is 0.153. The first-order valence-electron chi connectivity index (χ1n) is 6.60. The van der Waals surface area contributed by atoms with Gasteiger partial charge in [-0.05, 0) is 18.3 Å². The Bertz CT molecular complexity index is 270. The van der Waals surface area contributed by atoms with E-state index in [1.165, 1.54) is 6.92 Å². The number of hydrogen-bond donors (Lipinski definition) is 3. The number of aliphatic hydroxyl groups excluding tert-OH is 2. The molecule has 5 nitrogen and oxygen atoms in total. The Morgan fingerprint density at radius 3 is 2.56 bits per heavy atom. The molecule has 0 radical (unpaired) electrons. The highest BCUT2D eigenvalue weighted by atomic mass is 16.5. The molecule has 0 bridgehead atoms. The van der Waals surface area contributed by atoms with Crippen LogP contribution in [0.3, 0.4) is 0 Å². The van der Waals surface area contributed by atoms with Crippen LogP contribution in [0.15, 0.2) is 0 Å². The fraction of sp³-hybridized carbons (Fsp3) is 0.923. The summed E-state index contributed by atoms with van der Waals surface area (Å²) in [5, 5.41) is 22.6. The molecule has 0 aromatic carbocycles. The van der Waals surface area contributed by atoms with Gasteiger partial charge in [0, 0.05) is 26.6 Å². The molecule has 1 fully saturated rings. The van der Waals surface area contributed by atoms with Crippen LogP contribution in [-0.2, 0) is 9.53 Å². The van der Waals surface area contributed by atoms with E-state index in [2.05, 4.69) is 5.32 Å². The second kappa shape index (κ2) is 7.07. The topological polar surface area (TPSA) is 78.8 Å². The molecule has 106 valence electrons. The maximum atomic E-state index is 11.2. The smallest absolute Gasteiger partial charge is 0.217 e. The van der Waals surface area contributed by atoms with Crippen molar-refractivity contribution in [2.75, 3.05) is 20.3 Å². The van der Waals surface area contributed by atoms with Crippen LogP contribution in [0, 0.1) is 17.8 Å². The van der Waals surface area contributed by atoms with E-state index in [0.717, 1.165) is 12.8 Å². The average Bonchev–Trinajstić information content (AvgIpc) is 2.33. The lowest BCUT2D eigenvalue weighted by Gasteiger charge is -2.44. The molecule has 0 aromatic rings. The molecule has 1 aliphatic rings. The SMILES string of the molecule is CCC1C(CO)CC(COC)C(NC(C)=O)C1O. The van der Waals surface area contributed by atoms with E-state index in [4.69, 9.17) is 4.74 Å². The molecule has 5 heteroatoms. The highest BCUT2D eigenvalue weighted by Gasteiger charge is 2.43. The van der Waals surface area contributed by atoms with E-state index in [1.807, 2.05) is 6.92 Å². The Hall–Kier alpha value is -0.650. The summed E-state index contributed by atoms with van der Waals surface area (Å²) in [6.07, 6.45) is 0.942. The first-order chi connectivity index (χ1) is 8.54. The first kappa shape index (κ1) is 15.4. The van der Waals surface area contributed by atoms with E-state index in [0.29, 0.717) is 6.61 Å². The van der Waals surface area contributed by atoms with Gasteiger partial charge in [0.1, 0.15) is 0 Å². The van der Waals surface area contributed by atoms with Crippen molar-refractivity contribution in [2.45, 2.75) is 38.8 Å². The number of ether oxygens (including phenoxy) is 1. The number of nitrogens with one attached hydrogen (secondary N) is 1. The van der Waals surface area contributed by atoms with Gasteiger partial charge in [-0.1, -0.05) is 13.3 Å². The zero-order valence-corrected chi connectivity index (χ0v) is 11.4. The number of methoxy groups -OCH3 is 1. The van der Waals surface area contributed by atoms with Crippen molar-refractivity contribution in [3.63, 3.8) is 0 Å². The van der Waals surface area contributed by atoms with Crippen molar-refractivity contribution in [1.82, 2.24) is 5.32 Å². The van der Waals surface area contributed by atoms with Gasteiger partial charge >= 0.3 is 0 Å². The maximum Gasteiger partial charge on any atom is 0.217 e. The van der Waals surface area contributed by atoms with Crippen LogP contribution in [0.1, 0.15) is 26.7 Å². The minimum Gasteiger partial charge on any atom is -0.396 e. The molecule has 5 unspecified atom stereocenters. The molecule has 0 aromatic heterocycles. The van der Waals surface area contributed by atoms with Crippen LogP contribution < -0.4 is 5.32 Å². The van der Waals surface area contributed by atoms with E-state index in [9.17, 15) is 15.0 Å². The van der Waals surface area contributed by atoms with Gasteiger partial charge in [0.25, 0.3) is 0 Å². The molecule has 1 aliphatic carbocycles. The van der Waals surface area contributed by atoms with Crippen LogP contribution >= 0.6 is 0 Å². The fourth-order valence-electron chi connectivity index (χ4n) is 3.14. The number of hydrogen-bond acceptors (Lipinski definition) is 4. The highest BCUT2D eigenvalue weighted by molar-refractivity contribution is 5.73. The number of carbonyl (C=O) groups is 1. The van der Waals surface area contributed by atoms with Crippen LogP contribution in [0.2, 0.25) is 0 Å². The fourth-order valence-corrected chi connectivity index (χ4v) is 3.14. The third-order valence-electron chi connectivity index (χ3n) is 3.98. The van der Waals surface area contributed by atoms with Gasteiger partial charge in [-0.3, -0.25) is 4.79 Å². The van der Waals surface area contributed by atoms with Gasteiger partial charge in [-0.25, -0.2) is 0 Å². The molecule has 18 heavy (non-hydrogen) atoms. The molecular formula is C13H25NO4. The minimum atomic E-state index is -0.620. The monoisotopic (exact) mass is 259 g/mol. The molecule has 1 amide bonds. The predicted molar refractivity (Wildman–Crippen MR) is 68.0 cm³/mol. The number of carbonyl (C=O) groups excluding carboxylic acids is 1. The third kappa shape index (κ3) is 3.43. The molecule has 5 atom stereocenters. The Morgan fingerprint density at radius 1 is 1.44 bits per heavy atom. The summed E-state index contributed by atoms with van der Waals surface area (Å²) in [4.78, 5) is 11.2. The lowest BCUT2D eigenvalue weighted by Crippen LogP contribution is -2.57. The van der Waals surface area contributed by atoms with Gasteiger partial charge in [-0.15, -0.1) is 0 Å². The van der Waals surface area contributed by atoms with Crippen molar-refractivity contribution in [1.29, 1.82) is 0 Å². The summed E-state index contributed by atoms with van der Waals surface area (Å²) in [6, 6.07) is -0.282. The molecule has 0 aliphatic heterocycles. The molecule has 0 spiro atoms. The molecule has 0 heterocycles. The Morgan fingerprint density at radius 2 is 2.11 bits per heavy atom. The van der Waals surface area contributed by atoms with Crippen molar-refractivity contribution in [2.24, 2.45) is 17.8 Å². The Kier molecular flexibility index (Phi) is 6.05. The summed E-state index contributed by atoms with van der Waals surface area (Å²) < 4.78 is 5.16. The number of rotatable bonds is 5. The van der Waals surface area contributed by atoms with Crippen molar-refractivity contribution < 1.29 is 19.7 Å². The largest absolute Gasteiger partial charge is 0.396 e. The van der Waals surface area contributed by atoms with Crippen LogP contribution in [0.5, 0.6) is 0 Å². The number of aliphatic hydroxyl groups is 2. The van der Waals surface area contributed by atoms with E-state index in [1.54, 1.807) is 7.11 Å².